The van der Waals surface area contributed by atoms with Crippen LogP contribution in [0.4, 0.5) is 0 Å². The van der Waals surface area contributed by atoms with E-state index in [4.69, 9.17) is 4.74 Å². The van der Waals surface area contributed by atoms with E-state index in [1.807, 2.05) is 12.1 Å². The summed E-state index contributed by atoms with van der Waals surface area (Å²) in [4.78, 5) is 0. The van der Waals surface area contributed by atoms with Crippen LogP contribution in [0.1, 0.15) is 25.0 Å². The van der Waals surface area contributed by atoms with Gasteiger partial charge in [-0.25, -0.2) is 0 Å². The highest BCUT2D eigenvalue weighted by molar-refractivity contribution is 9.10. The predicted octanol–water partition coefficient (Wildman–Crippen LogP) is 2.60. The van der Waals surface area contributed by atoms with Crippen molar-refractivity contribution in [1.29, 1.82) is 0 Å². The Balaban J connectivity index is 1.89. The SMILES string of the molecule is CO[C@H](Cc1ccc(Br)nn1)CC1CC1. The maximum atomic E-state index is 5.46. The fraction of sp³-hybridized carbons (Fsp3) is 0.636. The summed E-state index contributed by atoms with van der Waals surface area (Å²) in [5, 5.41) is 8.09. The molecule has 0 N–H and O–H groups in total. The summed E-state index contributed by atoms with van der Waals surface area (Å²) in [7, 11) is 1.78. The molecular formula is C11H15BrN2O. The summed E-state index contributed by atoms with van der Waals surface area (Å²) in [5.74, 6) is 0.887. The molecule has 1 saturated carbocycles. The molecule has 0 bridgehead atoms. The molecule has 3 nitrogen and oxygen atoms in total. The fourth-order valence-electron chi connectivity index (χ4n) is 1.67. The topological polar surface area (TPSA) is 35.0 Å². The number of nitrogens with zero attached hydrogens (tertiary/aromatic N) is 2. The van der Waals surface area contributed by atoms with Crippen LogP contribution < -0.4 is 0 Å². The maximum Gasteiger partial charge on any atom is 0.128 e. The maximum absolute atomic E-state index is 5.46. The van der Waals surface area contributed by atoms with Gasteiger partial charge in [0, 0.05) is 13.5 Å². The normalized spacial score (nSPS) is 17.7. The summed E-state index contributed by atoms with van der Waals surface area (Å²) < 4.78 is 6.24. The molecule has 0 radical (unpaired) electrons. The van der Waals surface area contributed by atoms with Crippen molar-refractivity contribution in [2.75, 3.05) is 7.11 Å². The van der Waals surface area contributed by atoms with Gasteiger partial charge >= 0.3 is 0 Å². The van der Waals surface area contributed by atoms with Crippen molar-refractivity contribution in [2.24, 2.45) is 5.92 Å². The Morgan fingerprint density at radius 2 is 2.27 bits per heavy atom. The molecule has 82 valence electrons. The monoisotopic (exact) mass is 270 g/mol. The largest absolute Gasteiger partial charge is 0.381 e. The van der Waals surface area contributed by atoms with Crippen LogP contribution in [-0.4, -0.2) is 23.4 Å². The summed E-state index contributed by atoms with van der Waals surface area (Å²) >= 11 is 3.27. The minimum absolute atomic E-state index is 0.299. The van der Waals surface area contributed by atoms with Gasteiger partial charge in [-0.05, 0) is 40.4 Å². The van der Waals surface area contributed by atoms with Crippen molar-refractivity contribution in [3.63, 3.8) is 0 Å². The molecule has 0 amide bonds. The summed E-state index contributed by atoms with van der Waals surface area (Å²) in [6.45, 7) is 0. The number of halogens is 1. The molecule has 0 aromatic carbocycles. The summed E-state index contributed by atoms with van der Waals surface area (Å²) in [6, 6.07) is 3.92. The molecule has 1 heterocycles. The molecule has 0 spiro atoms. The van der Waals surface area contributed by atoms with Crippen molar-refractivity contribution in [1.82, 2.24) is 10.2 Å². The molecule has 2 rings (SSSR count). The molecule has 0 aliphatic heterocycles. The Kier molecular flexibility index (Phi) is 3.70. The summed E-state index contributed by atoms with van der Waals surface area (Å²) in [6.07, 6.45) is 5.06. The summed E-state index contributed by atoms with van der Waals surface area (Å²) in [5.41, 5.74) is 1.01. The first kappa shape index (κ1) is 11.0. The van der Waals surface area contributed by atoms with Crippen LogP contribution in [-0.2, 0) is 11.2 Å². The third kappa shape index (κ3) is 3.54. The van der Waals surface area contributed by atoms with E-state index < -0.39 is 0 Å². The first-order valence-corrected chi connectivity index (χ1v) is 6.08. The van der Waals surface area contributed by atoms with Crippen LogP contribution in [0.2, 0.25) is 0 Å². The van der Waals surface area contributed by atoms with Gasteiger partial charge in [-0.15, -0.1) is 5.10 Å². The van der Waals surface area contributed by atoms with Crippen molar-refractivity contribution < 1.29 is 4.74 Å². The van der Waals surface area contributed by atoms with E-state index in [-0.39, 0.29) is 0 Å². The van der Waals surface area contributed by atoms with E-state index in [9.17, 15) is 0 Å². The fourth-order valence-corrected chi connectivity index (χ4v) is 1.89. The highest BCUT2D eigenvalue weighted by atomic mass is 79.9. The lowest BCUT2D eigenvalue weighted by Crippen LogP contribution is -2.16. The Morgan fingerprint density at radius 1 is 1.47 bits per heavy atom. The lowest BCUT2D eigenvalue weighted by molar-refractivity contribution is 0.0897. The first-order valence-electron chi connectivity index (χ1n) is 5.29. The van der Waals surface area contributed by atoms with Gasteiger partial charge in [0.05, 0.1) is 11.8 Å². The van der Waals surface area contributed by atoms with E-state index in [2.05, 4.69) is 26.1 Å². The van der Waals surface area contributed by atoms with E-state index in [0.29, 0.717) is 6.10 Å². The predicted molar refractivity (Wildman–Crippen MR) is 61.6 cm³/mol. The molecule has 4 heteroatoms. The van der Waals surface area contributed by atoms with E-state index in [1.165, 1.54) is 12.8 Å². The van der Waals surface area contributed by atoms with Crippen LogP contribution in [0.3, 0.4) is 0 Å². The van der Waals surface area contributed by atoms with Crippen LogP contribution in [0, 0.1) is 5.92 Å². The second kappa shape index (κ2) is 5.03. The van der Waals surface area contributed by atoms with Crippen LogP contribution in [0.5, 0.6) is 0 Å². The molecule has 0 saturated heterocycles. The lowest BCUT2D eigenvalue weighted by Gasteiger charge is -2.13. The van der Waals surface area contributed by atoms with Gasteiger partial charge < -0.3 is 4.74 Å². The third-order valence-corrected chi connectivity index (χ3v) is 3.17. The Labute approximate surface area is 98.4 Å². The second-order valence-electron chi connectivity index (χ2n) is 4.09. The van der Waals surface area contributed by atoms with Crippen molar-refractivity contribution in [3.8, 4) is 0 Å². The highest BCUT2D eigenvalue weighted by Gasteiger charge is 2.25. The number of hydrogen-bond donors (Lipinski definition) is 0. The van der Waals surface area contributed by atoms with Gasteiger partial charge in [-0.2, -0.15) is 5.10 Å². The zero-order valence-electron chi connectivity index (χ0n) is 8.82. The number of ether oxygens (including phenoxy) is 1. The zero-order chi connectivity index (χ0) is 10.7. The molecule has 1 atom stereocenters. The van der Waals surface area contributed by atoms with Crippen molar-refractivity contribution in [2.45, 2.75) is 31.8 Å². The van der Waals surface area contributed by atoms with Crippen LogP contribution in [0.15, 0.2) is 16.7 Å². The molecule has 1 aliphatic rings. The average molecular weight is 271 g/mol. The molecule has 1 aromatic heterocycles. The minimum atomic E-state index is 0.299. The van der Waals surface area contributed by atoms with Gasteiger partial charge in [0.1, 0.15) is 4.60 Å². The molecule has 0 unspecified atom stereocenters. The van der Waals surface area contributed by atoms with Gasteiger partial charge in [0.15, 0.2) is 0 Å². The Bertz CT molecular complexity index is 311. The second-order valence-corrected chi connectivity index (χ2v) is 4.90. The molecule has 1 aliphatic carbocycles. The number of aromatic nitrogens is 2. The van der Waals surface area contributed by atoms with E-state index in [0.717, 1.165) is 29.1 Å². The third-order valence-electron chi connectivity index (χ3n) is 2.75. The molecule has 1 aromatic rings. The molecule has 15 heavy (non-hydrogen) atoms. The number of methoxy groups -OCH3 is 1. The number of hydrogen-bond acceptors (Lipinski definition) is 3. The van der Waals surface area contributed by atoms with Crippen LogP contribution >= 0.6 is 15.9 Å². The van der Waals surface area contributed by atoms with Gasteiger partial charge in [-0.3, -0.25) is 0 Å². The standard InChI is InChI=1S/C11H15BrN2O/c1-15-10(6-8-2-3-8)7-9-4-5-11(12)14-13-9/h4-5,8,10H,2-3,6-7H2,1H3/t10-/m0/s1. The smallest absolute Gasteiger partial charge is 0.128 e. The number of rotatable bonds is 5. The minimum Gasteiger partial charge on any atom is -0.381 e. The van der Waals surface area contributed by atoms with Crippen molar-refractivity contribution >= 4 is 15.9 Å². The molecular weight excluding hydrogens is 256 g/mol. The Hall–Kier alpha value is -0.480. The first-order chi connectivity index (χ1) is 7.28. The van der Waals surface area contributed by atoms with E-state index >= 15 is 0 Å². The van der Waals surface area contributed by atoms with E-state index in [1.54, 1.807) is 7.11 Å². The van der Waals surface area contributed by atoms with Crippen molar-refractivity contribution in [3.05, 3.63) is 22.4 Å². The highest BCUT2D eigenvalue weighted by Crippen LogP contribution is 2.34. The average Bonchev–Trinajstić information content (AvgIpc) is 3.04. The zero-order valence-corrected chi connectivity index (χ0v) is 10.4. The Morgan fingerprint density at radius 3 is 2.80 bits per heavy atom. The van der Waals surface area contributed by atoms with Gasteiger partial charge in [-0.1, -0.05) is 12.8 Å². The van der Waals surface area contributed by atoms with Gasteiger partial charge in [0.2, 0.25) is 0 Å². The van der Waals surface area contributed by atoms with Crippen LogP contribution in [0.25, 0.3) is 0 Å². The lowest BCUT2D eigenvalue weighted by atomic mass is 10.1. The quantitative estimate of drug-likeness (QED) is 0.825. The molecule has 1 fully saturated rings. The van der Waals surface area contributed by atoms with Gasteiger partial charge in [0.25, 0.3) is 0 Å².